The normalized spacial score (nSPS) is 10.5. The van der Waals surface area contributed by atoms with Crippen LogP contribution in [0.1, 0.15) is 12.6 Å². The summed E-state index contributed by atoms with van der Waals surface area (Å²) in [6.07, 6.45) is 0. The fourth-order valence-electron chi connectivity index (χ4n) is 1.77. The smallest absolute Gasteiger partial charge is 0.119 e. The van der Waals surface area contributed by atoms with Gasteiger partial charge in [-0.1, -0.05) is 6.58 Å². The lowest BCUT2D eigenvalue weighted by atomic mass is 10.1. The van der Waals surface area contributed by atoms with Crippen molar-refractivity contribution in [2.75, 3.05) is 6.61 Å². The lowest BCUT2D eigenvalue weighted by Crippen LogP contribution is -2.03. The molecule has 4 heteroatoms. The standard InChI is InChI=1S/C15H19N3O/c1-11(2)10-19-14-6-4-12(5-7-14)15-8-13(9-16)18(3)17-15/h4-8H,1,9-10,16H2,2-3H3. The minimum Gasteiger partial charge on any atom is -0.489 e. The van der Waals surface area contributed by atoms with Gasteiger partial charge in [0.25, 0.3) is 0 Å². The molecule has 0 saturated carbocycles. The number of hydrogen-bond donors (Lipinski definition) is 1. The second kappa shape index (κ2) is 5.71. The van der Waals surface area contributed by atoms with Gasteiger partial charge in [-0.3, -0.25) is 4.68 Å². The monoisotopic (exact) mass is 257 g/mol. The van der Waals surface area contributed by atoms with Crippen LogP contribution in [0.15, 0.2) is 42.5 Å². The molecule has 1 aromatic heterocycles. The van der Waals surface area contributed by atoms with Crippen LogP contribution in [-0.4, -0.2) is 16.4 Å². The third-order valence-electron chi connectivity index (χ3n) is 2.82. The molecule has 0 aliphatic heterocycles. The highest BCUT2D eigenvalue weighted by molar-refractivity contribution is 5.60. The Labute approximate surface area is 113 Å². The summed E-state index contributed by atoms with van der Waals surface area (Å²) in [6.45, 7) is 6.78. The van der Waals surface area contributed by atoms with Gasteiger partial charge in [-0.2, -0.15) is 5.10 Å². The highest BCUT2D eigenvalue weighted by atomic mass is 16.5. The number of benzene rings is 1. The Balaban J connectivity index is 2.15. The number of rotatable bonds is 5. The van der Waals surface area contributed by atoms with Gasteiger partial charge >= 0.3 is 0 Å². The van der Waals surface area contributed by atoms with Crippen LogP contribution in [0.5, 0.6) is 5.75 Å². The summed E-state index contributed by atoms with van der Waals surface area (Å²) in [4.78, 5) is 0. The Morgan fingerprint density at radius 2 is 2.05 bits per heavy atom. The highest BCUT2D eigenvalue weighted by Crippen LogP contribution is 2.22. The molecule has 1 aromatic carbocycles. The largest absolute Gasteiger partial charge is 0.489 e. The molecular weight excluding hydrogens is 238 g/mol. The highest BCUT2D eigenvalue weighted by Gasteiger charge is 2.06. The van der Waals surface area contributed by atoms with Crippen molar-refractivity contribution in [3.63, 3.8) is 0 Å². The topological polar surface area (TPSA) is 53.1 Å². The van der Waals surface area contributed by atoms with E-state index in [0.717, 1.165) is 28.3 Å². The van der Waals surface area contributed by atoms with E-state index >= 15 is 0 Å². The summed E-state index contributed by atoms with van der Waals surface area (Å²) in [7, 11) is 1.90. The average Bonchev–Trinajstić information content (AvgIpc) is 2.78. The van der Waals surface area contributed by atoms with Gasteiger partial charge < -0.3 is 10.5 Å². The zero-order valence-electron chi connectivity index (χ0n) is 11.4. The van der Waals surface area contributed by atoms with Crippen molar-refractivity contribution < 1.29 is 4.74 Å². The first-order valence-electron chi connectivity index (χ1n) is 6.20. The summed E-state index contributed by atoms with van der Waals surface area (Å²) in [5.41, 5.74) is 9.64. The van der Waals surface area contributed by atoms with Gasteiger partial charge in [0, 0.05) is 19.2 Å². The van der Waals surface area contributed by atoms with Crippen molar-refractivity contribution in [2.45, 2.75) is 13.5 Å². The van der Waals surface area contributed by atoms with Crippen molar-refractivity contribution >= 4 is 0 Å². The van der Waals surface area contributed by atoms with Gasteiger partial charge in [0.1, 0.15) is 12.4 Å². The molecule has 19 heavy (non-hydrogen) atoms. The van der Waals surface area contributed by atoms with Gasteiger partial charge in [0.05, 0.1) is 11.4 Å². The van der Waals surface area contributed by atoms with E-state index in [-0.39, 0.29) is 0 Å². The van der Waals surface area contributed by atoms with Gasteiger partial charge in [-0.05, 0) is 42.8 Å². The second-order valence-electron chi connectivity index (χ2n) is 4.62. The number of aryl methyl sites for hydroxylation is 1. The fourth-order valence-corrected chi connectivity index (χ4v) is 1.77. The lowest BCUT2D eigenvalue weighted by molar-refractivity contribution is 0.353. The zero-order valence-corrected chi connectivity index (χ0v) is 11.4. The molecule has 0 unspecified atom stereocenters. The van der Waals surface area contributed by atoms with E-state index in [0.29, 0.717) is 13.2 Å². The maximum absolute atomic E-state index is 5.64. The van der Waals surface area contributed by atoms with Crippen molar-refractivity contribution in [2.24, 2.45) is 12.8 Å². The summed E-state index contributed by atoms with van der Waals surface area (Å²) in [5.74, 6) is 0.835. The minimum atomic E-state index is 0.489. The molecule has 4 nitrogen and oxygen atoms in total. The van der Waals surface area contributed by atoms with Gasteiger partial charge in [-0.15, -0.1) is 0 Å². The molecule has 0 fully saturated rings. The summed E-state index contributed by atoms with van der Waals surface area (Å²) < 4.78 is 7.37. The zero-order chi connectivity index (χ0) is 13.8. The molecule has 2 N–H and O–H groups in total. The Morgan fingerprint density at radius 3 is 2.58 bits per heavy atom. The minimum absolute atomic E-state index is 0.489. The molecule has 1 heterocycles. The Kier molecular flexibility index (Phi) is 4.02. The molecule has 0 aliphatic carbocycles. The maximum atomic E-state index is 5.64. The molecule has 0 saturated heterocycles. The van der Waals surface area contributed by atoms with E-state index in [1.165, 1.54) is 0 Å². The first kappa shape index (κ1) is 13.4. The van der Waals surface area contributed by atoms with Gasteiger partial charge in [0.15, 0.2) is 0 Å². The molecule has 0 aliphatic rings. The first-order chi connectivity index (χ1) is 9.10. The third-order valence-corrected chi connectivity index (χ3v) is 2.82. The fraction of sp³-hybridized carbons (Fsp3) is 0.267. The SMILES string of the molecule is C=C(C)COc1ccc(-c2cc(CN)n(C)n2)cc1. The number of nitrogens with zero attached hydrogens (tertiary/aromatic N) is 2. The summed E-state index contributed by atoms with van der Waals surface area (Å²) in [6, 6.07) is 9.88. The van der Waals surface area contributed by atoms with E-state index < -0.39 is 0 Å². The molecule has 100 valence electrons. The van der Waals surface area contributed by atoms with Crippen LogP contribution >= 0.6 is 0 Å². The van der Waals surface area contributed by atoms with Crippen LogP contribution in [0.2, 0.25) is 0 Å². The molecule has 2 aromatic rings. The van der Waals surface area contributed by atoms with Crippen molar-refractivity contribution in [3.05, 3.63) is 48.2 Å². The third kappa shape index (κ3) is 3.23. The van der Waals surface area contributed by atoms with Crippen LogP contribution in [0.3, 0.4) is 0 Å². The van der Waals surface area contributed by atoms with E-state index in [2.05, 4.69) is 11.7 Å². The van der Waals surface area contributed by atoms with Crippen LogP contribution in [0.25, 0.3) is 11.3 Å². The van der Waals surface area contributed by atoms with Crippen LogP contribution in [0.4, 0.5) is 0 Å². The number of hydrogen-bond acceptors (Lipinski definition) is 3. The maximum Gasteiger partial charge on any atom is 0.119 e. The van der Waals surface area contributed by atoms with Crippen LogP contribution < -0.4 is 10.5 Å². The molecule has 0 bridgehead atoms. The molecule has 0 spiro atoms. The van der Waals surface area contributed by atoms with Crippen LogP contribution in [-0.2, 0) is 13.6 Å². The summed E-state index contributed by atoms with van der Waals surface area (Å²) in [5, 5.41) is 4.44. The first-order valence-corrected chi connectivity index (χ1v) is 6.20. The summed E-state index contributed by atoms with van der Waals surface area (Å²) >= 11 is 0. The van der Waals surface area contributed by atoms with E-state index in [1.54, 1.807) is 4.68 Å². The van der Waals surface area contributed by atoms with Crippen molar-refractivity contribution in [1.29, 1.82) is 0 Å². The molecule has 0 radical (unpaired) electrons. The average molecular weight is 257 g/mol. The van der Waals surface area contributed by atoms with Gasteiger partial charge in [-0.25, -0.2) is 0 Å². The number of ether oxygens (including phenoxy) is 1. The van der Waals surface area contributed by atoms with E-state index in [9.17, 15) is 0 Å². The molecule has 0 amide bonds. The molecular formula is C15H19N3O. The molecule has 0 atom stereocenters. The van der Waals surface area contributed by atoms with Gasteiger partial charge in [0.2, 0.25) is 0 Å². The number of nitrogens with two attached hydrogens (primary N) is 1. The van der Waals surface area contributed by atoms with E-state index in [4.69, 9.17) is 10.5 Å². The molecule has 2 rings (SSSR count). The van der Waals surface area contributed by atoms with Crippen molar-refractivity contribution in [1.82, 2.24) is 9.78 Å². The quantitative estimate of drug-likeness (QED) is 0.837. The predicted octanol–water partition coefficient (Wildman–Crippen LogP) is 2.50. The number of aromatic nitrogens is 2. The Bertz CT molecular complexity index is 570. The Hall–Kier alpha value is -2.07. The van der Waals surface area contributed by atoms with Crippen molar-refractivity contribution in [3.8, 4) is 17.0 Å². The predicted molar refractivity (Wildman–Crippen MR) is 76.8 cm³/mol. The Morgan fingerprint density at radius 1 is 1.37 bits per heavy atom. The second-order valence-corrected chi connectivity index (χ2v) is 4.62. The van der Waals surface area contributed by atoms with E-state index in [1.807, 2.05) is 44.3 Å². The lowest BCUT2D eigenvalue weighted by Gasteiger charge is -2.05. The van der Waals surface area contributed by atoms with Crippen LogP contribution in [0, 0.1) is 0 Å².